The van der Waals surface area contributed by atoms with E-state index < -0.39 is 23.8 Å². The monoisotopic (exact) mass is 497 g/mol. The number of allylic oxidation sites excluding steroid dienone is 1. The molecule has 6 heteroatoms. The molecule has 2 N–H and O–H groups in total. The summed E-state index contributed by atoms with van der Waals surface area (Å²) < 4.78 is 16.9. The minimum atomic E-state index is -0.834. The van der Waals surface area contributed by atoms with E-state index in [0.717, 1.165) is 37.7 Å². The third-order valence-corrected chi connectivity index (χ3v) is 6.42. The zero-order valence-corrected chi connectivity index (χ0v) is 23.4. The Morgan fingerprint density at radius 3 is 2.17 bits per heavy atom. The Morgan fingerprint density at radius 2 is 1.63 bits per heavy atom. The van der Waals surface area contributed by atoms with Gasteiger partial charge in [0.25, 0.3) is 0 Å². The van der Waals surface area contributed by atoms with Crippen molar-refractivity contribution in [1.82, 2.24) is 5.32 Å². The molecule has 6 nitrogen and oxygen atoms in total. The van der Waals surface area contributed by atoms with E-state index in [0.29, 0.717) is 6.61 Å². The molecule has 0 aliphatic carbocycles. The van der Waals surface area contributed by atoms with Crippen LogP contribution in [0.25, 0.3) is 0 Å². The summed E-state index contributed by atoms with van der Waals surface area (Å²) >= 11 is 0. The maximum absolute atomic E-state index is 12.4. The van der Waals surface area contributed by atoms with E-state index >= 15 is 0 Å². The first-order chi connectivity index (χ1) is 16.7. The van der Waals surface area contributed by atoms with Gasteiger partial charge in [0.15, 0.2) is 6.29 Å². The number of nitrogens with one attached hydrogen (secondary N) is 1. The van der Waals surface area contributed by atoms with E-state index in [1.807, 2.05) is 27.7 Å². The van der Waals surface area contributed by atoms with Crippen molar-refractivity contribution in [3.8, 4) is 0 Å². The molecular weight excluding hydrogens is 442 g/mol. The summed E-state index contributed by atoms with van der Waals surface area (Å²) in [7, 11) is 0. The summed E-state index contributed by atoms with van der Waals surface area (Å²) in [6.07, 6.45) is 18.8. The van der Waals surface area contributed by atoms with Gasteiger partial charge in [-0.25, -0.2) is 4.79 Å². The molecule has 0 saturated carbocycles. The van der Waals surface area contributed by atoms with Gasteiger partial charge in [-0.05, 0) is 65.4 Å². The fraction of sp³-hybridized carbons (Fsp3) is 0.897. The van der Waals surface area contributed by atoms with Crippen molar-refractivity contribution in [1.29, 1.82) is 0 Å². The van der Waals surface area contributed by atoms with Crippen LogP contribution < -0.4 is 5.32 Å². The van der Waals surface area contributed by atoms with Crippen molar-refractivity contribution in [2.45, 2.75) is 155 Å². The van der Waals surface area contributed by atoms with Crippen molar-refractivity contribution in [3.05, 3.63) is 11.6 Å². The van der Waals surface area contributed by atoms with Crippen LogP contribution in [0.15, 0.2) is 11.6 Å². The van der Waals surface area contributed by atoms with Crippen LogP contribution >= 0.6 is 0 Å². The number of rotatable bonds is 18. The SMILES string of the molecule is CCCCCCCCCCCCCC=C(C)[C@@H](O)[C@H](COC1CCCCO1)NC(=O)OC(C)(C)C. The molecule has 0 spiro atoms. The van der Waals surface area contributed by atoms with Gasteiger partial charge >= 0.3 is 6.09 Å². The first-order valence-corrected chi connectivity index (χ1v) is 14.3. The molecule has 1 aliphatic heterocycles. The quantitative estimate of drug-likeness (QED) is 0.152. The standard InChI is InChI=1S/C29H55NO5/c1-6-7-8-9-10-11-12-13-14-15-16-17-20-24(2)27(31)25(30-28(32)35-29(3,4)5)23-34-26-21-18-19-22-33-26/h20,25-27,31H,6-19,21-23H2,1-5H3,(H,30,32)/t25-,26?,27+/m0/s1. The van der Waals surface area contributed by atoms with Gasteiger partial charge in [-0.15, -0.1) is 0 Å². The van der Waals surface area contributed by atoms with E-state index in [1.165, 1.54) is 64.2 Å². The number of hydrogen-bond donors (Lipinski definition) is 2. The molecule has 0 radical (unpaired) electrons. The molecule has 1 aliphatic rings. The van der Waals surface area contributed by atoms with Crippen LogP contribution in [-0.2, 0) is 14.2 Å². The topological polar surface area (TPSA) is 77.0 Å². The normalized spacial score (nSPS) is 18.8. The number of alkyl carbamates (subject to hydrolysis) is 1. The van der Waals surface area contributed by atoms with E-state index in [1.54, 1.807) is 0 Å². The first kappa shape index (κ1) is 31.9. The molecule has 1 heterocycles. The van der Waals surface area contributed by atoms with Crippen LogP contribution in [0.5, 0.6) is 0 Å². The van der Waals surface area contributed by atoms with Crippen LogP contribution in [0, 0.1) is 0 Å². The highest BCUT2D eigenvalue weighted by molar-refractivity contribution is 5.68. The minimum Gasteiger partial charge on any atom is -0.444 e. The molecule has 0 aromatic heterocycles. The molecule has 0 bridgehead atoms. The number of aliphatic hydroxyl groups excluding tert-OH is 1. The third-order valence-electron chi connectivity index (χ3n) is 6.42. The van der Waals surface area contributed by atoms with Crippen LogP contribution in [0.2, 0.25) is 0 Å². The number of carbonyl (C=O) groups excluding carboxylic acids is 1. The van der Waals surface area contributed by atoms with Gasteiger partial charge in [-0.1, -0.05) is 77.2 Å². The van der Waals surface area contributed by atoms with E-state index in [9.17, 15) is 9.90 Å². The van der Waals surface area contributed by atoms with Gasteiger partial charge in [0.1, 0.15) is 5.60 Å². The lowest BCUT2D eigenvalue weighted by atomic mass is 10.0. The zero-order chi connectivity index (χ0) is 25.9. The summed E-state index contributed by atoms with van der Waals surface area (Å²) in [5.74, 6) is 0. The van der Waals surface area contributed by atoms with Crippen molar-refractivity contribution >= 4 is 6.09 Å². The number of aliphatic hydroxyl groups is 1. The summed E-state index contributed by atoms with van der Waals surface area (Å²) in [5, 5.41) is 13.8. The van der Waals surface area contributed by atoms with Gasteiger partial charge in [-0.2, -0.15) is 0 Å². The maximum atomic E-state index is 12.4. The van der Waals surface area contributed by atoms with Crippen LogP contribution in [0.3, 0.4) is 0 Å². The average molecular weight is 498 g/mol. The van der Waals surface area contributed by atoms with Gasteiger partial charge in [0, 0.05) is 6.61 Å². The highest BCUT2D eigenvalue weighted by atomic mass is 16.7. The molecule has 1 fully saturated rings. The molecule has 35 heavy (non-hydrogen) atoms. The Bertz CT molecular complexity index is 566. The molecule has 1 rings (SSSR count). The Hall–Kier alpha value is -1.11. The van der Waals surface area contributed by atoms with Crippen molar-refractivity contribution < 1.29 is 24.1 Å². The lowest BCUT2D eigenvalue weighted by molar-refractivity contribution is -0.168. The van der Waals surface area contributed by atoms with Gasteiger partial charge in [0.05, 0.1) is 18.8 Å². The fourth-order valence-electron chi connectivity index (χ4n) is 4.30. The molecule has 1 unspecified atom stereocenters. The second-order valence-corrected chi connectivity index (χ2v) is 11.1. The molecule has 0 aromatic rings. The largest absolute Gasteiger partial charge is 0.444 e. The number of amides is 1. The molecule has 206 valence electrons. The van der Waals surface area contributed by atoms with Crippen molar-refractivity contribution in [2.75, 3.05) is 13.2 Å². The highest BCUT2D eigenvalue weighted by Gasteiger charge is 2.27. The van der Waals surface area contributed by atoms with Gasteiger partial charge in [-0.3, -0.25) is 0 Å². The number of ether oxygens (including phenoxy) is 3. The first-order valence-electron chi connectivity index (χ1n) is 14.3. The van der Waals surface area contributed by atoms with E-state index in [2.05, 4.69) is 18.3 Å². The summed E-state index contributed by atoms with van der Waals surface area (Å²) in [5.41, 5.74) is 0.249. The fourth-order valence-corrected chi connectivity index (χ4v) is 4.30. The van der Waals surface area contributed by atoms with Gasteiger partial charge in [0.2, 0.25) is 0 Å². The number of unbranched alkanes of at least 4 members (excludes halogenated alkanes) is 11. The van der Waals surface area contributed by atoms with Crippen LogP contribution in [0.4, 0.5) is 4.79 Å². The second-order valence-electron chi connectivity index (χ2n) is 11.1. The Morgan fingerprint density at radius 1 is 1.03 bits per heavy atom. The zero-order valence-electron chi connectivity index (χ0n) is 23.4. The maximum Gasteiger partial charge on any atom is 0.408 e. The number of carbonyl (C=O) groups is 1. The van der Waals surface area contributed by atoms with E-state index in [4.69, 9.17) is 14.2 Å². The Kier molecular flexibility index (Phi) is 17.4. The smallest absolute Gasteiger partial charge is 0.408 e. The second kappa shape index (κ2) is 19.1. The molecule has 0 aromatic carbocycles. The van der Waals surface area contributed by atoms with Gasteiger partial charge < -0.3 is 24.6 Å². The van der Waals surface area contributed by atoms with E-state index in [-0.39, 0.29) is 12.9 Å². The highest BCUT2D eigenvalue weighted by Crippen LogP contribution is 2.17. The Balaban J connectivity index is 2.38. The molecule has 3 atom stereocenters. The van der Waals surface area contributed by atoms with Crippen molar-refractivity contribution in [2.24, 2.45) is 0 Å². The number of hydrogen-bond acceptors (Lipinski definition) is 5. The predicted molar refractivity (Wildman–Crippen MR) is 144 cm³/mol. The van der Waals surface area contributed by atoms with Crippen LogP contribution in [0.1, 0.15) is 131 Å². The molecule has 1 saturated heterocycles. The molecular formula is C29H55NO5. The minimum absolute atomic E-state index is 0.175. The summed E-state index contributed by atoms with van der Waals surface area (Å²) in [6, 6.07) is -0.594. The Labute approximate surface area is 215 Å². The lowest BCUT2D eigenvalue weighted by Crippen LogP contribution is -2.49. The van der Waals surface area contributed by atoms with Crippen LogP contribution in [-0.4, -0.2) is 48.5 Å². The lowest BCUT2D eigenvalue weighted by Gasteiger charge is -2.29. The summed E-state index contributed by atoms with van der Waals surface area (Å²) in [6.45, 7) is 10.5. The molecule has 1 amide bonds. The third kappa shape index (κ3) is 17.1. The van der Waals surface area contributed by atoms with Crippen molar-refractivity contribution in [3.63, 3.8) is 0 Å². The average Bonchev–Trinajstić information content (AvgIpc) is 2.81. The predicted octanol–water partition coefficient (Wildman–Crippen LogP) is 7.43. The summed E-state index contributed by atoms with van der Waals surface area (Å²) in [4.78, 5) is 12.4.